The number of nitrogens with one attached hydrogen (secondary N) is 1. The minimum absolute atomic E-state index is 0.772. The quantitative estimate of drug-likeness (QED) is 0.634. The molecule has 0 bridgehead atoms. The lowest BCUT2D eigenvalue weighted by Gasteiger charge is -2.28. The van der Waals surface area contributed by atoms with Gasteiger partial charge in [0, 0.05) is 6.04 Å². The van der Waals surface area contributed by atoms with Gasteiger partial charge in [0.1, 0.15) is 0 Å². The van der Waals surface area contributed by atoms with Crippen LogP contribution >= 0.6 is 0 Å². The van der Waals surface area contributed by atoms with Crippen molar-refractivity contribution < 1.29 is 0 Å². The van der Waals surface area contributed by atoms with Crippen molar-refractivity contribution >= 4 is 0 Å². The topological polar surface area (TPSA) is 15.3 Å². The second kappa shape index (κ2) is 10.6. The SMILES string of the molecule is CCCC1CCCN(C(C)CCCNCC(C)C)CC1. The summed E-state index contributed by atoms with van der Waals surface area (Å²) in [5, 5.41) is 3.56. The molecule has 0 aromatic heterocycles. The van der Waals surface area contributed by atoms with Crippen molar-refractivity contribution in [3.05, 3.63) is 0 Å². The molecule has 2 unspecified atom stereocenters. The number of nitrogens with zero attached hydrogens (tertiary/aromatic N) is 1. The lowest BCUT2D eigenvalue weighted by Crippen LogP contribution is -2.34. The number of hydrogen-bond donors (Lipinski definition) is 1. The van der Waals surface area contributed by atoms with Crippen LogP contribution in [0.1, 0.15) is 72.6 Å². The van der Waals surface area contributed by atoms with E-state index in [9.17, 15) is 0 Å². The lowest BCUT2D eigenvalue weighted by molar-refractivity contribution is 0.201. The molecule has 0 aromatic rings. The van der Waals surface area contributed by atoms with Crippen LogP contribution in [0.3, 0.4) is 0 Å². The Bertz CT molecular complexity index is 227. The van der Waals surface area contributed by atoms with Crippen molar-refractivity contribution in [1.82, 2.24) is 10.2 Å². The van der Waals surface area contributed by atoms with E-state index in [1.165, 1.54) is 64.6 Å². The van der Waals surface area contributed by atoms with E-state index in [1.54, 1.807) is 0 Å². The van der Waals surface area contributed by atoms with Crippen molar-refractivity contribution in [2.24, 2.45) is 11.8 Å². The maximum atomic E-state index is 3.56. The molecule has 1 saturated heterocycles. The van der Waals surface area contributed by atoms with Gasteiger partial charge in [-0.2, -0.15) is 0 Å². The van der Waals surface area contributed by atoms with E-state index in [-0.39, 0.29) is 0 Å². The molecule has 1 heterocycles. The van der Waals surface area contributed by atoms with Gasteiger partial charge in [-0.3, -0.25) is 0 Å². The minimum atomic E-state index is 0.772. The largest absolute Gasteiger partial charge is 0.316 e. The molecule has 0 spiro atoms. The molecule has 1 rings (SSSR count). The molecule has 2 atom stereocenters. The highest BCUT2D eigenvalue weighted by Crippen LogP contribution is 2.23. The number of rotatable bonds is 9. The van der Waals surface area contributed by atoms with Crippen molar-refractivity contribution in [3.8, 4) is 0 Å². The van der Waals surface area contributed by atoms with Crippen LogP contribution in [-0.2, 0) is 0 Å². The molecule has 0 aromatic carbocycles. The van der Waals surface area contributed by atoms with Crippen LogP contribution < -0.4 is 5.32 Å². The molecule has 120 valence electrons. The molecule has 0 aliphatic carbocycles. The van der Waals surface area contributed by atoms with Crippen LogP contribution in [0.5, 0.6) is 0 Å². The van der Waals surface area contributed by atoms with E-state index in [0.717, 1.165) is 24.4 Å². The van der Waals surface area contributed by atoms with Crippen molar-refractivity contribution in [2.45, 2.75) is 78.7 Å². The van der Waals surface area contributed by atoms with Crippen LogP contribution in [-0.4, -0.2) is 37.1 Å². The zero-order valence-electron chi connectivity index (χ0n) is 14.5. The molecule has 0 saturated carbocycles. The Labute approximate surface area is 127 Å². The third-order valence-electron chi connectivity index (χ3n) is 4.73. The first-order valence-corrected chi connectivity index (χ1v) is 9.08. The molecule has 1 fully saturated rings. The lowest BCUT2D eigenvalue weighted by atomic mass is 9.96. The molecule has 2 heteroatoms. The van der Waals surface area contributed by atoms with Crippen LogP contribution in [0.4, 0.5) is 0 Å². The smallest absolute Gasteiger partial charge is 0.00674 e. The standard InChI is InChI=1S/C18H38N2/c1-5-8-18-10-7-13-20(14-11-18)17(4)9-6-12-19-15-16(2)3/h16-19H,5-15H2,1-4H3. The normalized spacial score (nSPS) is 22.9. The fraction of sp³-hybridized carbons (Fsp3) is 1.00. The minimum Gasteiger partial charge on any atom is -0.316 e. The van der Waals surface area contributed by atoms with Crippen LogP contribution in [0.25, 0.3) is 0 Å². The molecule has 1 N–H and O–H groups in total. The Morgan fingerprint density at radius 3 is 2.65 bits per heavy atom. The van der Waals surface area contributed by atoms with E-state index in [2.05, 4.69) is 37.9 Å². The third kappa shape index (κ3) is 7.64. The average Bonchev–Trinajstić information content (AvgIpc) is 2.64. The second-order valence-electron chi connectivity index (χ2n) is 7.21. The molecular weight excluding hydrogens is 244 g/mol. The maximum absolute atomic E-state index is 3.56. The molecule has 20 heavy (non-hydrogen) atoms. The molecule has 2 nitrogen and oxygen atoms in total. The monoisotopic (exact) mass is 282 g/mol. The van der Waals surface area contributed by atoms with Gasteiger partial charge in [0.25, 0.3) is 0 Å². The van der Waals surface area contributed by atoms with Gasteiger partial charge < -0.3 is 10.2 Å². The van der Waals surface area contributed by atoms with Gasteiger partial charge in [-0.05, 0) is 77.0 Å². The molecule has 0 radical (unpaired) electrons. The predicted molar refractivity (Wildman–Crippen MR) is 90.2 cm³/mol. The molecular formula is C18H38N2. The van der Waals surface area contributed by atoms with Gasteiger partial charge in [0.2, 0.25) is 0 Å². The highest BCUT2D eigenvalue weighted by molar-refractivity contribution is 4.74. The molecule has 0 amide bonds. The summed E-state index contributed by atoms with van der Waals surface area (Å²) in [6, 6.07) is 0.774. The van der Waals surface area contributed by atoms with Gasteiger partial charge in [-0.1, -0.05) is 33.6 Å². The summed E-state index contributed by atoms with van der Waals surface area (Å²) in [5.41, 5.74) is 0. The van der Waals surface area contributed by atoms with Gasteiger partial charge in [-0.25, -0.2) is 0 Å². The highest BCUT2D eigenvalue weighted by atomic mass is 15.1. The third-order valence-corrected chi connectivity index (χ3v) is 4.73. The summed E-state index contributed by atoms with van der Waals surface area (Å²) >= 11 is 0. The van der Waals surface area contributed by atoms with Gasteiger partial charge in [-0.15, -0.1) is 0 Å². The summed E-state index contributed by atoms with van der Waals surface area (Å²) < 4.78 is 0. The van der Waals surface area contributed by atoms with E-state index in [4.69, 9.17) is 0 Å². The number of hydrogen-bond acceptors (Lipinski definition) is 2. The van der Waals surface area contributed by atoms with Crippen molar-refractivity contribution in [3.63, 3.8) is 0 Å². The molecule has 1 aliphatic rings. The zero-order valence-corrected chi connectivity index (χ0v) is 14.5. The average molecular weight is 283 g/mol. The Balaban J connectivity index is 2.14. The first-order valence-electron chi connectivity index (χ1n) is 9.08. The first-order chi connectivity index (χ1) is 9.63. The van der Waals surface area contributed by atoms with Gasteiger partial charge >= 0.3 is 0 Å². The molecule has 1 aliphatic heterocycles. The van der Waals surface area contributed by atoms with Crippen molar-refractivity contribution in [2.75, 3.05) is 26.2 Å². The van der Waals surface area contributed by atoms with Crippen LogP contribution in [0, 0.1) is 11.8 Å². The van der Waals surface area contributed by atoms with E-state index < -0.39 is 0 Å². The second-order valence-corrected chi connectivity index (χ2v) is 7.21. The number of likely N-dealkylation sites (tertiary alicyclic amines) is 1. The Morgan fingerprint density at radius 2 is 1.95 bits per heavy atom. The van der Waals surface area contributed by atoms with Gasteiger partial charge in [0.05, 0.1) is 0 Å². The van der Waals surface area contributed by atoms with E-state index >= 15 is 0 Å². The van der Waals surface area contributed by atoms with E-state index in [1.807, 2.05) is 0 Å². The summed E-state index contributed by atoms with van der Waals surface area (Å²) in [7, 11) is 0. The summed E-state index contributed by atoms with van der Waals surface area (Å²) in [6.07, 6.45) is 9.80. The fourth-order valence-electron chi connectivity index (χ4n) is 3.42. The van der Waals surface area contributed by atoms with Crippen LogP contribution in [0.2, 0.25) is 0 Å². The summed E-state index contributed by atoms with van der Waals surface area (Å²) in [5.74, 6) is 1.78. The van der Waals surface area contributed by atoms with E-state index in [0.29, 0.717) is 0 Å². The first kappa shape index (κ1) is 18.0. The Hall–Kier alpha value is -0.0800. The van der Waals surface area contributed by atoms with Crippen molar-refractivity contribution in [1.29, 1.82) is 0 Å². The summed E-state index contributed by atoms with van der Waals surface area (Å²) in [4.78, 5) is 2.75. The zero-order chi connectivity index (χ0) is 14.8. The Kier molecular flexibility index (Phi) is 9.54. The fourth-order valence-corrected chi connectivity index (χ4v) is 3.42. The Morgan fingerprint density at radius 1 is 1.15 bits per heavy atom. The highest BCUT2D eigenvalue weighted by Gasteiger charge is 2.19. The summed E-state index contributed by atoms with van der Waals surface area (Å²) in [6.45, 7) is 14.3. The van der Waals surface area contributed by atoms with Crippen LogP contribution in [0.15, 0.2) is 0 Å². The van der Waals surface area contributed by atoms with Gasteiger partial charge in [0.15, 0.2) is 0 Å². The maximum Gasteiger partial charge on any atom is 0.00674 e. The predicted octanol–water partition coefficient (Wildman–Crippen LogP) is 4.30.